The van der Waals surface area contributed by atoms with Crippen molar-refractivity contribution in [2.24, 2.45) is 0 Å². The summed E-state index contributed by atoms with van der Waals surface area (Å²) >= 11 is 1.55. The minimum atomic E-state index is -1.19. The molecule has 0 unspecified atom stereocenters. The molecular formula is C31H32F2N4O3SSi. The average molecular weight is 607 g/mol. The highest BCUT2D eigenvalue weighted by Gasteiger charge is 2.18. The number of benzene rings is 1. The first-order chi connectivity index (χ1) is 20.1. The van der Waals surface area contributed by atoms with Gasteiger partial charge in [-0.3, -0.25) is 9.59 Å². The van der Waals surface area contributed by atoms with Gasteiger partial charge in [0.15, 0.2) is 23.1 Å². The molecule has 11 heteroatoms. The molecule has 0 N–H and O–H groups in total. The van der Waals surface area contributed by atoms with Gasteiger partial charge in [0.2, 0.25) is 0 Å². The van der Waals surface area contributed by atoms with Gasteiger partial charge in [0.25, 0.3) is 5.56 Å². The third-order valence-corrected chi connectivity index (χ3v) is 9.72. The van der Waals surface area contributed by atoms with Gasteiger partial charge in [-0.15, -0.1) is 11.3 Å². The molecule has 0 aliphatic rings. The largest absolute Gasteiger partial charge is 0.359 e. The lowest BCUT2D eigenvalue weighted by atomic mass is 10.1. The molecule has 0 aliphatic heterocycles. The number of pyridine rings is 2. The number of Topliss-reactive ketones (excluding diaryl/α,β-unsaturated/α-hetero) is 1. The number of ether oxygens (including phenoxy) is 1. The van der Waals surface area contributed by atoms with Crippen LogP contribution in [-0.4, -0.2) is 39.8 Å². The van der Waals surface area contributed by atoms with E-state index in [1.165, 1.54) is 22.9 Å². The van der Waals surface area contributed by atoms with Crippen LogP contribution in [0.4, 0.5) is 8.78 Å². The normalized spacial score (nSPS) is 11.8. The zero-order chi connectivity index (χ0) is 29.9. The Kier molecular flexibility index (Phi) is 8.90. The molecule has 5 rings (SSSR count). The summed E-state index contributed by atoms with van der Waals surface area (Å²) in [7, 11) is -1.19. The van der Waals surface area contributed by atoms with E-state index >= 15 is 0 Å². The summed E-state index contributed by atoms with van der Waals surface area (Å²) in [5.41, 5.74) is 1.61. The number of nitrogens with zero attached hydrogens (tertiary/aromatic N) is 4. The Bertz CT molecular complexity index is 1790. The maximum absolute atomic E-state index is 13.6. The molecule has 5 aromatic rings. The molecule has 0 saturated carbocycles. The highest BCUT2D eigenvalue weighted by Crippen LogP contribution is 2.33. The van der Waals surface area contributed by atoms with Crippen LogP contribution in [-0.2, 0) is 24.4 Å². The van der Waals surface area contributed by atoms with Crippen LogP contribution in [0.2, 0.25) is 25.7 Å². The lowest BCUT2D eigenvalue weighted by molar-refractivity contribution is 0.0814. The molecule has 1 aromatic carbocycles. The summed E-state index contributed by atoms with van der Waals surface area (Å²) in [5, 5.41) is 5.74. The second kappa shape index (κ2) is 12.6. The van der Waals surface area contributed by atoms with Crippen LogP contribution in [0.3, 0.4) is 0 Å². The van der Waals surface area contributed by atoms with Crippen molar-refractivity contribution >= 4 is 36.2 Å². The number of thiophene rings is 1. The lowest BCUT2D eigenvalue weighted by Crippen LogP contribution is -2.26. The number of aromatic nitrogens is 4. The van der Waals surface area contributed by atoms with E-state index in [0.29, 0.717) is 25.3 Å². The number of ketones is 1. The number of fused-ring (bicyclic) bond motifs is 1. The summed E-state index contributed by atoms with van der Waals surface area (Å²) < 4.78 is 35.9. The summed E-state index contributed by atoms with van der Waals surface area (Å²) in [6, 6.07) is 15.5. The van der Waals surface area contributed by atoms with Crippen molar-refractivity contribution in [3.8, 4) is 10.6 Å². The Morgan fingerprint density at radius 1 is 1.05 bits per heavy atom. The van der Waals surface area contributed by atoms with Crippen molar-refractivity contribution in [3.05, 3.63) is 105 Å². The van der Waals surface area contributed by atoms with Crippen molar-refractivity contribution in [2.45, 2.75) is 51.8 Å². The molecule has 0 saturated heterocycles. The highest BCUT2D eigenvalue weighted by molar-refractivity contribution is 7.15. The van der Waals surface area contributed by atoms with E-state index in [-0.39, 0.29) is 24.3 Å². The van der Waals surface area contributed by atoms with Gasteiger partial charge in [-0.2, -0.15) is 5.10 Å². The van der Waals surface area contributed by atoms with E-state index in [0.717, 1.165) is 44.7 Å². The number of hydrogen-bond donors (Lipinski definition) is 0. The predicted molar refractivity (Wildman–Crippen MR) is 164 cm³/mol. The second-order valence-electron chi connectivity index (χ2n) is 11.4. The van der Waals surface area contributed by atoms with E-state index in [2.05, 4.69) is 24.6 Å². The zero-order valence-corrected chi connectivity index (χ0v) is 25.6. The zero-order valence-electron chi connectivity index (χ0n) is 23.8. The van der Waals surface area contributed by atoms with Crippen molar-refractivity contribution in [2.75, 3.05) is 6.61 Å². The summed E-state index contributed by atoms with van der Waals surface area (Å²) in [6.07, 6.45) is 3.90. The molecule has 7 nitrogen and oxygen atoms in total. The molecule has 0 aliphatic carbocycles. The van der Waals surface area contributed by atoms with E-state index in [1.807, 2.05) is 24.3 Å². The molecular weight excluding hydrogens is 575 g/mol. The van der Waals surface area contributed by atoms with E-state index in [4.69, 9.17) is 9.84 Å². The minimum absolute atomic E-state index is 0.0320. The summed E-state index contributed by atoms with van der Waals surface area (Å²) in [6.45, 7) is 8.00. The second-order valence-corrected chi connectivity index (χ2v) is 18.2. The molecule has 4 heterocycles. The molecule has 0 fully saturated rings. The Morgan fingerprint density at radius 2 is 1.88 bits per heavy atom. The number of halogens is 2. The monoisotopic (exact) mass is 606 g/mol. The van der Waals surface area contributed by atoms with Gasteiger partial charge in [-0.25, -0.2) is 18.4 Å². The molecule has 0 spiro atoms. The predicted octanol–water partition coefficient (Wildman–Crippen LogP) is 6.78. The number of carbonyl (C=O) groups excluding carboxylic acids is 1. The van der Waals surface area contributed by atoms with E-state index < -0.39 is 25.3 Å². The fourth-order valence-corrected chi connectivity index (χ4v) is 6.29. The smallest absolute Gasteiger partial charge is 0.261 e. The Morgan fingerprint density at radius 3 is 2.67 bits per heavy atom. The molecule has 42 heavy (non-hydrogen) atoms. The van der Waals surface area contributed by atoms with Crippen LogP contribution in [0.1, 0.15) is 27.2 Å². The molecule has 0 atom stereocenters. The first kappa shape index (κ1) is 29.7. The van der Waals surface area contributed by atoms with Crippen LogP contribution >= 0.6 is 11.3 Å². The fourth-order valence-electron chi connectivity index (χ4n) is 4.53. The Labute approximate surface area is 247 Å². The maximum Gasteiger partial charge on any atom is 0.261 e. The summed E-state index contributed by atoms with van der Waals surface area (Å²) in [5.74, 6) is -2.21. The fraction of sp³-hybridized carbons (Fsp3) is 0.290. The van der Waals surface area contributed by atoms with Crippen LogP contribution in [0.5, 0.6) is 0 Å². The summed E-state index contributed by atoms with van der Waals surface area (Å²) in [4.78, 5) is 32.5. The van der Waals surface area contributed by atoms with E-state index in [9.17, 15) is 18.4 Å². The topological polar surface area (TPSA) is 79.0 Å². The van der Waals surface area contributed by atoms with Gasteiger partial charge in [-0.05, 0) is 66.6 Å². The molecule has 0 amide bonds. The third-order valence-electron chi connectivity index (χ3n) is 6.87. The van der Waals surface area contributed by atoms with E-state index in [1.54, 1.807) is 28.3 Å². The van der Waals surface area contributed by atoms with Crippen molar-refractivity contribution in [3.63, 3.8) is 0 Å². The Balaban J connectivity index is 1.26. The molecule has 4 aromatic heterocycles. The minimum Gasteiger partial charge on any atom is -0.359 e. The van der Waals surface area contributed by atoms with Gasteiger partial charge < -0.3 is 9.30 Å². The third kappa shape index (κ3) is 6.97. The van der Waals surface area contributed by atoms with Gasteiger partial charge in [-0.1, -0.05) is 25.7 Å². The number of rotatable bonds is 12. The maximum atomic E-state index is 13.6. The lowest BCUT2D eigenvalue weighted by Gasteiger charge is -2.15. The number of hydrogen-bond acceptors (Lipinski definition) is 6. The van der Waals surface area contributed by atoms with Crippen molar-refractivity contribution in [1.29, 1.82) is 0 Å². The van der Waals surface area contributed by atoms with Crippen LogP contribution in [0, 0.1) is 11.6 Å². The van der Waals surface area contributed by atoms with Gasteiger partial charge >= 0.3 is 0 Å². The Hall–Kier alpha value is -3.80. The number of aryl methyl sites for hydroxylation is 1. The van der Waals surface area contributed by atoms with Crippen molar-refractivity contribution in [1.82, 2.24) is 19.3 Å². The van der Waals surface area contributed by atoms with Crippen molar-refractivity contribution < 1.29 is 18.3 Å². The first-order valence-electron chi connectivity index (χ1n) is 13.7. The van der Waals surface area contributed by atoms with Gasteiger partial charge in [0.05, 0.1) is 17.0 Å². The number of carbonyl (C=O) groups is 1. The van der Waals surface area contributed by atoms with Gasteiger partial charge in [0, 0.05) is 43.8 Å². The van der Waals surface area contributed by atoms with Crippen LogP contribution in [0.25, 0.3) is 21.6 Å². The molecule has 0 bridgehead atoms. The quantitative estimate of drug-likeness (QED) is 0.0889. The van der Waals surface area contributed by atoms with Crippen LogP contribution < -0.4 is 5.56 Å². The highest BCUT2D eigenvalue weighted by atomic mass is 32.1. The molecule has 218 valence electrons. The first-order valence-corrected chi connectivity index (χ1v) is 18.3. The standard InChI is InChI=1S/C31H32F2N4O3SSi/c1-42(2,3)17-16-40-20-37-30-24(6-4-14-34-30)29(35-37)28-13-10-22(41-28)9-12-27(38)23-7-5-15-36(31(23)39)19-21-8-11-25(32)26(33)18-21/h4-8,10-11,13-15,18H,9,12,16-17,19-20H2,1-3H3. The molecule has 0 radical (unpaired) electrons. The van der Waals surface area contributed by atoms with Gasteiger partial charge in [0.1, 0.15) is 12.4 Å². The SMILES string of the molecule is C[Si](C)(C)CCOCn1nc(-c2ccc(CCC(=O)c3cccn(Cc4ccc(F)c(F)c4)c3=O)s2)c2cccnc21. The van der Waals surface area contributed by atoms with Crippen LogP contribution in [0.15, 0.2) is 71.8 Å². The average Bonchev–Trinajstić information content (AvgIpc) is 3.57.